The molecule has 3 nitrogen and oxygen atoms in total. The third kappa shape index (κ3) is 52.5. The molecule has 0 bridgehead atoms. The summed E-state index contributed by atoms with van der Waals surface area (Å²) in [5.74, 6) is 0. The van der Waals surface area contributed by atoms with Gasteiger partial charge in [-0.15, -0.1) is 4.91 Å². The number of rotatable bonds is 0. The van der Waals surface area contributed by atoms with Crippen molar-refractivity contribution in [1.29, 1.82) is 0 Å². The first-order chi connectivity index (χ1) is 1.41. The molecule has 0 amide bonds. The molecule has 0 saturated carbocycles. The largest absolute Gasteiger partial charge is 2.00 e. The standard InChI is InChI=1S/Ca.HNO2.Si.2H/c;2-1-3;;;/h;(H,2,3);;;/q+2;;;2*-1. The van der Waals surface area contributed by atoms with Gasteiger partial charge in [0.25, 0.3) is 0 Å². The molecule has 0 aliphatic rings. The fraction of sp³-hybridized carbons (Fsp3) is 0. The van der Waals surface area contributed by atoms with E-state index in [1.54, 1.807) is 0 Å². The number of hydrogen-bond acceptors (Lipinski definition) is 2. The Bertz CT molecular complexity index is 23.2. The molecule has 5 heavy (non-hydrogen) atoms. The molecule has 0 aliphatic heterocycles. The Labute approximate surface area is 66.7 Å². The predicted molar refractivity (Wildman–Crippen MR) is 21.3 cm³/mol. The molecule has 0 aromatic rings. The predicted octanol–water partition coefficient (Wildman–Crippen LogP) is -0.395. The number of nitrogens with zero attached hydrogens (tertiary/aromatic N) is 1. The van der Waals surface area contributed by atoms with Gasteiger partial charge in [-0.2, -0.15) is 0 Å². The van der Waals surface area contributed by atoms with E-state index in [0.29, 0.717) is 0 Å². The topological polar surface area (TPSA) is 49.7 Å². The molecule has 26 valence electrons. The summed E-state index contributed by atoms with van der Waals surface area (Å²) in [6.07, 6.45) is 0. The summed E-state index contributed by atoms with van der Waals surface area (Å²) in [4.78, 5) is 8.11. The van der Waals surface area contributed by atoms with Gasteiger partial charge in [0.1, 0.15) is 0 Å². The minimum atomic E-state index is 0. The third-order valence-electron chi connectivity index (χ3n) is 0. The van der Waals surface area contributed by atoms with Crippen molar-refractivity contribution in [3.05, 3.63) is 4.91 Å². The molecule has 0 aromatic carbocycles. The van der Waals surface area contributed by atoms with Gasteiger partial charge in [-0.3, -0.25) is 0 Å². The maximum absolute atomic E-state index is 8.11. The summed E-state index contributed by atoms with van der Waals surface area (Å²) in [5, 5.41) is 7.89. The number of hydrogen-bond donors (Lipinski definition) is 1. The normalized spacial score (nSPS) is 2.40. The average molecular weight is 117 g/mol. The molecule has 0 fully saturated rings. The fourth-order valence-electron chi connectivity index (χ4n) is 0. The van der Waals surface area contributed by atoms with Crippen LogP contribution in [0.15, 0.2) is 5.34 Å². The average Bonchev–Trinajstić information content (AvgIpc) is 0.918. The Balaban J connectivity index is -0.00000000333. The van der Waals surface area contributed by atoms with E-state index in [2.05, 4.69) is 0 Å². The van der Waals surface area contributed by atoms with E-state index in [1.807, 2.05) is 0 Å². The summed E-state index contributed by atoms with van der Waals surface area (Å²) < 4.78 is 0. The van der Waals surface area contributed by atoms with Crippen molar-refractivity contribution in [3.63, 3.8) is 0 Å². The van der Waals surface area contributed by atoms with E-state index >= 15 is 0 Å². The molecule has 0 aromatic heterocycles. The summed E-state index contributed by atoms with van der Waals surface area (Å²) in [6.45, 7) is 0. The van der Waals surface area contributed by atoms with E-state index in [0.717, 1.165) is 0 Å². The second-order valence-electron chi connectivity index (χ2n) is 0.0816. The van der Waals surface area contributed by atoms with Gasteiger partial charge in [-0.1, -0.05) is 0 Å². The van der Waals surface area contributed by atoms with Gasteiger partial charge < -0.3 is 8.06 Å². The van der Waals surface area contributed by atoms with Gasteiger partial charge in [-0.05, 0) is 0 Å². The minimum absolute atomic E-state index is 0. The van der Waals surface area contributed by atoms with E-state index in [-0.39, 0.29) is 51.6 Å². The van der Waals surface area contributed by atoms with Crippen molar-refractivity contribution in [3.8, 4) is 0 Å². The van der Waals surface area contributed by atoms with Crippen LogP contribution in [0.2, 0.25) is 0 Å². The Hall–Kier alpha value is 0.877. The molecule has 0 heterocycles. The molecule has 0 saturated heterocycles. The van der Waals surface area contributed by atoms with Crippen molar-refractivity contribution < 1.29 is 8.06 Å². The summed E-state index contributed by atoms with van der Waals surface area (Å²) in [5.41, 5.74) is 0. The Morgan fingerprint density at radius 1 is 1.80 bits per heavy atom. The summed E-state index contributed by atoms with van der Waals surface area (Å²) in [6, 6.07) is 0. The molecule has 0 unspecified atom stereocenters. The monoisotopic (exact) mass is 117 g/mol. The van der Waals surface area contributed by atoms with E-state index in [1.165, 1.54) is 5.34 Å². The van der Waals surface area contributed by atoms with Gasteiger partial charge >= 0.3 is 37.7 Å². The molecule has 0 rings (SSSR count). The second-order valence-corrected chi connectivity index (χ2v) is 0.0816. The summed E-state index contributed by atoms with van der Waals surface area (Å²) in [7, 11) is 0. The fourth-order valence-corrected chi connectivity index (χ4v) is 0. The molecular weight excluding hydrogens is 114 g/mol. The zero-order valence-electron chi connectivity index (χ0n) is 4.51. The maximum Gasteiger partial charge on any atom is 2.00 e. The zero-order valence-corrected chi connectivity index (χ0v) is 5.72. The van der Waals surface area contributed by atoms with Crippen LogP contribution in [0.1, 0.15) is 2.85 Å². The van der Waals surface area contributed by atoms with E-state index in [9.17, 15) is 0 Å². The second kappa shape index (κ2) is 20.8. The van der Waals surface area contributed by atoms with Crippen molar-refractivity contribution >= 4 is 48.7 Å². The summed E-state index contributed by atoms with van der Waals surface area (Å²) >= 11 is 0. The van der Waals surface area contributed by atoms with Gasteiger partial charge in [0, 0.05) is 11.0 Å². The Kier molecular flexibility index (Phi) is 70.3. The third-order valence-corrected chi connectivity index (χ3v) is 0. The van der Waals surface area contributed by atoms with Gasteiger partial charge in [0.05, 0.1) is 0 Å². The van der Waals surface area contributed by atoms with Crippen LogP contribution < -0.4 is 0 Å². The van der Waals surface area contributed by atoms with E-state index in [4.69, 9.17) is 10.1 Å². The Morgan fingerprint density at radius 3 is 1.80 bits per heavy atom. The van der Waals surface area contributed by atoms with Crippen molar-refractivity contribution in [2.24, 2.45) is 5.34 Å². The molecule has 0 spiro atoms. The van der Waals surface area contributed by atoms with Crippen molar-refractivity contribution in [2.45, 2.75) is 0 Å². The first-order valence-corrected chi connectivity index (χ1v) is 0.383. The Morgan fingerprint density at radius 2 is 1.80 bits per heavy atom. The molecule has 0 atom stereocenters. The SMILES string of the molecule is O=NO.[Ca+2].[H-].[H-].[Si]. The van der Waals surface area contributed by atoms with Crippen LogP contribution in [0.5, 0.6) is 0 Å². The van der Waals surface area contributed by atoms with Crippen LogP contribution >= 0.6 is 0 Å². The van der Waals surface area contributed by atoms with Crippen LogP contribution in [0.3, 0.4) is 0 Å². The smallest absolute Gasteiger partial charge is 1.00 e. The van der Waals surface area contributed by atoms with E-state index < -0.39 is 0 Å². The molecule has 4 radical (unpaired) electrons. The van der Waals surface area contributed by atoms with Crippen LogP contribution in [-0.2, 0) is 0 Å². The van der Waals surface area contributed by atoms with Gasteiger partial charge in [-0.25, -0.2) is 0 Å². The van der Waals surface area contributed by atoms with Gasteiger partial charge in [0.2, 0.25) is 0 Å². The van der Waals surface area contributed by atoms with Crippen LogP contribution in [0.4, 0.5) is 0 Å². The van der Waals surface area contributed by atoms with Crippen LogP contribution in [-0.4, -0.2) is 53.9 Å². The molecule has 1 N–H and O–H groups in total. The quantitative estimate of drug-likeness (QED) is 0.267. The van der Waals surface area contributed by atoms with Gasteiger partial charge in [0.15, 0.2) is 5.34 Å². The maximum atomic E-state index is 8.11. The molecule has 5 heteroatoms. The van der Waals surface area contributed by atoms with Crippen molar-refractivity contribution in [1.82, 2.24) is 0 Å². The zero-order chi connectivity index (χ0) is 2.71. The molecule has 0 aliphatic carbocycles. The molecular formula is H3CaNO2Si. The van der Waals surface area contributed by atoms with Crippen LogP contribution in [0, 0.1) is 4.91 Å². The first kappa shape index (κ1) is 16.9. The minimum Gasteiger partial charge on any atom is -1.00 e. The van der Waals surface area contributed by atoms with Crippen molar-refractivity contribution in [2.75, 3.05) is 0 Å². The van der Waals surface area contributed by atoms with Crippen LogP contribution in [0.25, 0.3) is 0 Å². The first-order valence-electron chi connectivity index (χ1n) is 0.383.